The smallest absolute Gasteiger partial charge is 0.112 e. The summed E-state index contributed by atoms with van der Waals surface area (Å²) in [5.41, 5.74) is 6.92. The minimum atomic E-state index is 0.383. The summed E-state index contributed by atoms with van der Waals surface area (Å²) in [5, 5.41) is 4.61. The van der Waals surface area contributed by atoms with Gasteiger partial charge in [-0.3, -0.25) is 4.90 Å². The zero-order valence-corrected chi connectivity index (χ0v) is 16.8. The number of nitrogens with one attached hydrogen (secondary N) is 1. The minimum Gasteiger partial charge on any atom is -0.362 e. The third-order valence-corrected chi connectivity index (χ3v) is 6.77. The van der Waals surface area contributed by atoms with Crippen LogP contribution in [0.1, 0.15) is 41.9 Å². The fourth-order valence-corrected chi connectivity index (χ4v) is 5.33. The molecule has 27 heavy (non-hydrogen) atoms. The van der Waals surface area contributed by atoms with Crippen LogP contribution in [0.3, 0.4) is 0 Å². The van der Waals surface area contributed by atoms with Crippen LogP contribution in [0.4, 0.5) is 11.4 Å². The molecule has 0 bridgehead atoms. The quantitative estimate of drug-likeness (QED) is 0.804. The number of nitrogens with zero attached hydrogens (tertiary/aromatic N) is 2. The van der Waals surface area contributed by atoms with E-state index in [1.807, 2.05) is 0 Å². The second-order valence-corrected chi connectivity index (χ2v) is 8.84. The highest BCUT2D eigenvalue weighted by atomic mass is 35.5. The van der Waals surface area contributed by atoms with Gasteiger partial charge < -0.3 is 10.2 Å². The van der Waals surface area contributed by atoms with E-state index in [1.165, 1.54) is 60.4 Å². The lowest BCUT2D eigenvalue weighted by Gasteiger charge is -2.37. The van der Waals surface area contributed by atoms with Gasteiger partial charge in [-0.15, -0.1) is 0 Å². The van der Waals surface area contributed by atoms with Gasteiger partial charge in [0.2, 0.25) is 0 Å². The van der Waals surface area contributed by atoms with Crippen molar-refractivity contribution in [3.63, 3.8) is 0 Å². The van der Waals surface area contributed by atoms with Gasteiger partial charge in [-0.05, 0) is 74.9 Å². The third-order valence-electron chi connectivity index (χ3n) is 6.55. The molecule has 1 saturated heterocycles. The Hall–Kier alpha value is -1.71. The second kappa shape index (κ2) is 7.03. The van der Waals surface area contributed by atoms with Crippen LogP contribution in [-0.4, -0.2) is 37.2 Å². The number of hydrogen-bond donors (Lipinski definition) is 1. The van der Waals surface area contributed by atoms with Crippen molar-refractivity contribution in [2.24, 2.45) is 0 Å². The molecule has 1 unspecified atom stereocenters. The fourth-order valence-electron chi connectivity index (χ4n) is 5.09. The lowest BCUT2D eigenvalue weighted by molar-refractivity contribution is 0.204. The maximum atomic E-state index is 6.33. The summed E-state index contributed by atoms with van der Waals surface area (Å²) in [5.74, 6) is 0.719. The molecular weight excluding hydrogens is 354 g/mol. The zero-order valence-electron chi connectivity index (χ0n) is 16.0. The van der Waals surface area contributed by atoms with Crippen LogP contribution in [0.15, 0.2) is 36.4 Å². The van der Waals surface area contributed by atoms with Gasteiger partial charge in [0, 0.05) is 18.1 Å². The summed E-state index contributed by atoms with van der Waals surface area (Å²) < 4.78 is 0. The first-order chi connectivity index (χ1) is 13.2. The van der Waals surface area contributed by atoms with Crippen molar-refractivity contribution in [2.75, 3.05) is 36.4 Å². The Balaban J connectivity index is 1.24. The van der Waals surface area contributed by atoms with Crippen molar-refractivity contribution in [3.8, 4) is 0 Å². The van der Waals surface area contributed by atoms with E-state index in [-0.39, 0.29) is 0 Å². The van der Waals surface area contributed by atoms with Crippen molar-refractivity contribution in [1.29, 1.82) is 0 Å². The molecule has 1 N–H and O–H groups in total. The Morgan fingerprint density at radius 3 is 2.63 bits per heavy atom. The van der Waals surface area contributed by atoms with Crippen LogP contribution < -0.4 is 10.2 Å². The molecule has 3 aliphatic heterocycles. The molecule has 0 aromatic heterocycles. The Bertz CT molecular complexity index is 824. The summed E-state index contributed by atoms with van der Waals surface area (Å²) in [7, 11) is 0. The number of aryl methyl sites for hydroxylation is 2. The molecule has 0 saturated carbocycles. The molecule has 1 atom stereocenters. The number of likely N-dealkylation sites (tertiary alicyclic amines) is 1. The molecule has 3 heterocycles. The van der Waals surface area contributed by atoms with Crippen LogP contribution >= 0.6 is 11.6 Å². The number of rotatable bonds is 3. The highest BCUT2D eigenvalue weighted by molar-refractivity contribution is 6.31. The Morgan fingerprint density at radius 1 is 1.07 bits per heavy atom. The van der Waals surface area contributed by atoms with E-state index < -0.39 is 0 Å². The van der Waals surface area contributed by atoms with E-state index >= 15 is 0 Å². The standard InChI is InChI=1S/C23H28ClN3/c1-16-4-6-17(7-5-16)18-8-11-26(12-9-18)15-22-25-21-14-20(24)13-19-3-2-10-27(22)23(19)21/h4-7,13-14,18,22,25H,2-3,8-12,15H2,1H3. The molecule has 0 aliphatic carbocycles. The Morgan fingerprint density at radius 2 is 1.85 bits per heavy atom. The van der Waals surface area contributed by atoms with Crippen LogP contribution in [0.25, 0.3) is 0 Å². The molecular formula is C23H28ClN3. The summed E-state index contributed by atoms with van der Waals surface area (Å²) in [6.45, 7) is 6.78. The molecule has 3 aliphatic rings. The first-order valence-corrected chi connectivity index (χ1v) is 10.7. The van der Waals surface area contributed by atoms with E-state index in [0.717, 1.165) is 30.5 Å². The molecule has 1 fully saturated rings. The van der Waals surface area contributed by atoms with Crippen LogP contribution in [0.5, 0.6) is 0 Å². The average molecular weight is 382 g/mol. The number of piperidine rings is 1. The van der Waals surface area contributed by atoms with Gasteiger partial charge >= 0.3 is 0 Å². The minimum absolute atomic E-state index is 0.383. The van der Waals surface area contributed by atoms with Crippen molar-refractivity contribution in [1.82, 2.24) is 4.90 Å². The SMILES string of the molecule is Cc1ccc(C2CCN(CC3Nc4cc(Cl)cc5c4N3CCC5)CC2)cc1. The van der Waals surface area contributed by atoms with Gasteiger partial charge in [0.15, 0.2) is 0 Å². The van der Waals surface area contributed by atoms with Gasteiger partial charge in [0.05, 0.1) is 11.4 Å². The highest BCUT2D eigenvalue weighted by Gasteiger charge is 2.35. The Labute approximate surface area is 167 Å². The summed E-state index contributed by atoms with van der Waals surface area (Å²) >= 11 is 6.33. The fraction of sp³-hybridized carbons (Fsp3) is 0.478. The second-order valence-electron chi connectivity index (χ2n) is 8.40. The van der Waals surface area contributed by atoms with Crippen molar-refractivity contribution in [3.05, 3.63) is 58.1 Å². The maximum absolute atomic E-state index is 6.33. The largest absolute Gasteiger partial charge is 0.362 e. The van der Waals surface area contributed by atoms with Crippen molar-refractivity contribution in [2.45, 2.75) is 44.7 Å². The molecule has 0 spiro atoms. The number of halogens is 1. The van der Waals surface area contributed by atoms with Crippen molar-refractivity contribution < 1.29 is 0 Å². The topological polar surface area (TPSA) is 18.5 Å². The van der Waals surface area contributed by atoms with E-state index in [2.05, 4.69) is 58.4 Å². The molecule has 2 aromatic rings. The molecule has 4 heteroatoms. The monoisotopic (exact) mass is 381 g/mol. The van der Waals surface area contributed by atoms with Gasteiger partial charge in [-0.2, -0.15) is 0 Å². The summed E-state index contributed by atoms with van der Waals surface area (Å²) in [4.78, 5) is 5.22. The zero-order chi connectivity index (χ0) is 18.4. The van der Waals surface area contributed by atoms with Crippen LogP contribution in [-0.2, 0) is 6.42 Å². The van der Waals surface area contributed by atoms with Crippen molar-refractivity contribution >= 4 is 23.0 Å². The Kier molecular flexibility index (Phi) is 4.53. The normalized spacial score (nSPS) is 22.6. The predicted molar refractivity (Wildman–Crippen MR) is 114 cm³/mol. The van der Waals surface area contributed by atoms with Gasteiger partial charge in [0.1, 0.15) is 6.17 Å². The molecule has 3 nitrogen and oxygen atoms in total. The average Bonchev–Trinajstić information content (AvgIpc) is 3.02. The molecule has 5 rings (SSSR count). The van der Waals surface area contributed by atoms with Gasteiger partial charge in [-0.1, -0.05) is 41.4 Å². The molecule has 142 valence electrons. The summed E-state index contributed by atoms with van der Waals surface area (Å²) in [6.07, 6.45) is 5.28. The van der Waals surface area contributed by atoms with E-state index in [0.29, 0.717) is 6.17 Å². The van der Waals surface area contributed by atoms with Crippen LogP contribution in [0, 0.1) is 6.92 Å². The maximum Gasteiger partial charge on any atom is 0.112 e. The lowest BCUT2D eigenvalue weighted by Crippen LogP contribution is -2.48. The van der Waals surface area contributed by atoms with E-state index in [4.69, 9.17) is 11.6 Å². The number of anilines is 2. The third kappa shape index (κ3) is 3.32. The van der Waals surface area contributed by atoms with Crippen LogP contribution in [0.2, 0.25) is 5.02 Å². The van der Waals surface area contributed by atoms with Gasteiger partial charge in [0.25, 0.3) is 0 Å². The molecule has 0 amide bonds. The van der Waals surface area contributed by atoms with Gasteiger partial charge in [-0.25, -0.2) is 0 Å². The lowest BCUT2D eigenvalue weighted by atomic mass is 9.89. The summed E-state index contributed by atoms with van der Waals surface area (Å²) in [6, 6.07) is 13.4. The number of benzene rings is 2. The highest BCUT2D eigenvalue weighted by Crippen LogP contribution is 2.43. The first kappa shape index (κ1) is 17.4. The predicted octanol–water partition coefficient (Wildman–Crippen LogP) is 5.03. The first-order valence-electron chi connectivity index (χ1n) is 10.3. The van der Waals surface area contributed by atoms with E-state index in [1.54, 1.807) is 0 Å². The molecule has 0 radical (unpaired) electrons. The molecule has 2 aromatic carbocycles. The number of hydrogen-bond acceptors (Lipinski definition) is 3. The van der Waals surface area contributed by atoms with E-state index in [9.17, 15) is 0 Å².